The zero-order valence-corrected chi connectivity index (χ0v) is 15.7. The molecule has 0 bridgehead atoms. The molecule has 1 fully saturated rings. The maximum atomic E-state index is 12.9. The van der Waals surface area contributed by atoms with Crippen LogP contribution in [0.15, 0.2) is 84.9 Å². The molecule has 138 valence electrons. The summed E-state index contributed by atoms with van der Waals surface area (Å²) in [6.45, 7) is 1.20. The molecule has 0 aliphatic carbocycles. The fourth-order valence-electron chi connectivity index (χ4n) is 3.93. The Morgan fingerprint density at radius 1 is 0.786 bits per heavy atom. The Morgan fingerprint density at radius 3 is 1.89 bits per heavy atom. The van der Waals surface area contributed by atoms with Crippen LogP contribution in [0.4, 0.5) is 0 Å². The highest BCUT2D eigenvalue weighted by atomic mass is 16.2. The first-order valence-electron chi connectivity index (χ1n) is 9.63. The van der Waals surface area contributed by atoms with E-state index < -0.39 is 5.41 Å². The number of hydrogen-bond donors (Lipinski definition) is 0. The molecule has 3 heteroatoms. The van der Waals surface area contributed by atoms with Gasteiger partial charge in [-0.3, -0.25) is 4.79 Å². The highest BCUT2D eigenvalue weighted by molar-refractivity contribution is 5.94. The van der Waals surface area contributed by atoms with Gasteiger partial charge in [-0.15, -0.1) is 0 Å². The maximum Gasteiger partial charge on any atom is 0.253 e. The van der Waals surface area contributed by atoms with E-state index in [1.54, 1.807) is 0 Å². The Morgan fingerprint density at radius 2 is 1.32 bits per heavy atom. The lowest BCUT2D eigenvalue weighted by Crippen LogP contribution is -2.44. The van der Waals surface area contributed by atoms with E-state index in [0.29, 0.717) is 31.5 Å². The van der Waals surface area contributed by atoms with Crippen LogP contribution in [0, 0.1) is 11.3 Å². The smallest absolute Gasteiger partial charge is 0.253 e. The minimum atomic E-state index is -0.491. The van der Waals surface area contributed by atoms with Gasteiger partial charge in [0.1, 0.15) is 0 Å². The highest BCUT2D eigenvalue weighted by Crippen LogP contribution is 2.35. The van der Waals surface area contributed by atoms with E-state index >= 15 is 0 Å². The standard InChI is InChI=1S/C25H22N2O/c26-19-25(23-9-5-2-6-10-23)15-17-27(18-16-25)24(28)22-13-11-21(12-14-22)20-7-3-1-4-8-20/h1-14H,15-18H2. The molecule has 0 atom stereocenters. The Bertz CT molecular complexity index is 980. The van der Waals surface area contributed by atoms with Gasteiger partial charge in [0.15, 0.2) is 0 Å². The SMILES string of the molecule is N#CC1(c2ccccc2)CCN(C(=O)c2ccc(-c3ccccc3)cc2)CC1. The van der Waals surface area contributed by atoms with Gasteiger partial charge >= 0.3 is 0 Å². The Hall–Kier alpha value is -3.38. The third kappa shape index (κ3) is 3.42. The predicted molar refractivity (Wildman–Crippen MR) is 111 cm³/mol. The van der Waals surface area contributed by atoms with Gasteiger partial charge < -0.3 is 4.90 Å². The molecule has 0 radical (unpaired) electrons. The van der Waals surface area contributed by atoms with Gasteiger partial charge in [0.25, 0.3) is 5.91 Å². The zero-order valence-electron chi connectivity index (χ0n) is 15.7. The largest absolute Gasteiger partial charge is 0.339 e. The van der Waals surface area contributed by atoms with Gasteiger partial charge in [0.05, 0.1) is 11.5 Å². The lowest BCUT2D eigenvalue weighted by molar-refractivity contribution is 0.0692. The van der Waals surface area contributed by atoms with E-state index in [-0.39, 0.29) is 5.91 Å². The fraction of sp³-hybridized carbons (Fsp3) is 0.200. The predicted octanol–water partition coefficient (Wildman–Crippen LogP) is 5.05. The quantitative estimate of drug-likeness (QED) is 0.651. The zero-order chi connectivity index (χ0) is 19.4. The first kappa shape index (κ1) is 18.0. The van der Waals surface area contributed by atoms with Crippen molar-refractivity contribution in [3.63, 3.8) is 0 Å². The van der Waals surface area contributed by atoms with Gasteiger partial charge in [-0.25, -0.2) is 0 Å². The number of carbonyl (C=O) groups is 1. The van der Waals surface area contributed by atoms with Crippen molar-refractivity contribution in [2.75, 3.05) is 13.1 Å². The van der Waals surface area contributed by atoms with Crippen molar-refractivity contribution >= 4 is 5.91 Å². The number of nitrogens with zero attached hydrogens (tertiary/aromatic N) is 2. The van der Waals surface area contributed by atoms with Gasteiger partial charge in [-0.1, -0.05) is 72.8 Å². The molecular formula is C25H22N2O. The van der Waals surface area contributed by atoms with E-state index in [9.17, 15) is 10.1 Å². The number of piperidine rings is 1. The molecule has 28 heavy (non-hydrogen) atoms. The molecule has 3 aromatic carbocycles. The molecule has 0 unspecified atom stereocenters. The van der Waals surface area contributed by atoms with Crippen LogP contribution in [0.3, 0.4) is 0 Å². The molecule has 3 nitrogen and oxygen atoms in total. The van der Waals surface area contributed by atoms with Crippen LogP contribution >= 0.6 is 0 Å². The second-order valence-electron chi connectivity index (χ2n) is 7.30. The molecule has 0 aromatic heterocycles. The summed E-state index contributed by atoms with van der Waals surface area (Å²) >= 11 is 0. The van der Waals surface area contributed by atoms with Crippen molar-refractivity contribution in [3.8, 4) is 17.2 Å². The Kier molecular flexibility index (Phi) is 4.95. The highest BCUT2D eigenvalue weighted by Gasteiger charge is 2.37. The summed E-state index contributed by atoms with van der Waals surface area (Å²) in [5.41, 5.74) is 3.50. The molecule has 0 saturated carbocycles. The number of hydrogen-bond acceptors (Lipinski definition) is 2. The summed E-state index contributed by atoms with van der Waals surface area (Å²) in [6.07, 6.45) is 1.34. The summed E-state index contributed by atoms with van der Waals surface area (Å²) in [5.74, 6) is 0.0409. The van der Waals surface area contributed by atoms with Crippen molar-refractivity contribution in [3.05, 3.63) is 96.1 Å². The first-order chi connectivity index (χ1) is 13.7. The molecule has 1 aliphatic heterocycles. The minimum Gasteiger partial charge on any atom is -0.339 e. The van der Waals surface area contributed by atoms with Crippen LogP contribution in [0.5, 0.6) is 0 Å². The summed E-state index contributed by atoms with van der Waals surface area (Å²) in [7, 11) is 0. The summed E-state index contributed by atoms with van der Waals surface area (Å²) in [5, 5.41) is 9.82. The Balaban J connectivity index is 1.46. The summed E-state index contributed by atoms with van der Waals surface area (Å²) < 4.78 is 0. The van der Waals surface area contributed by atoms with Crippen LogP contribution in [-0.2, 0) is 5.41 Å². The molecule has 4 rings (SSSR count). The molecule has 1 saturated heterocycles. The lowest BCUT2D eigenvalue weighted by atomic mass is 9.74. The number of nitriles is 1. The van der Waals surface area contributed by atoms with Crippen molar-refractivity contribution < 1.29 is 4.79 Å². The van der Waals surface area contributed by atoms with Crippen molar-refractivity contribution in [1.82, 2.24) is 4.90 Å². The maximum absolute atomic E-state index is 12.9. The van der Waals surface area contributed by atoms with Crippen LogP contribution < -0.4 is 0 Å². The van der Waals surface area contributed by atoms with E-state index in [1.165, 1.54) is 0 Å². The number of carbonyl (C=O) groups excluding carboxylic acids is 1. The van der Waals surface area contributed by atoms with Gasteiger partial charge in [0, 0.05) is 18.7 Å². The molecule has 3 aromatic rings. The average Bonchev–Trinajstić information content (AvgIpc) is 2.80. The number of rotatable bonds is 3. The summed E-state index contributed by atoms with van der Waals surface area (Å²) in [4.78, 5) is 14.8. The van der Waals surface area contributed by atoms with Crippen molar-refractivity contribution in [2.45, 2.75) is 18.3 Å². The third-order valence-electron chi connectivity index (χ3n) is 5.68. The number of likely N-dealkylation sites (tertiary alicyclic amines) is 1. The second-order valence-corrected chi connectivity index (χ2v) is 7.30. The topological polar surface area (TPSA) is 44.1 Å². The third-order valence-corrected chi connectivity index (χ3v) is 5.68. The molecule has 1 heterocycles. The average molecular weight is 366 g/mol. The molecule has 1 aliphatic rings. The van der Waals surface area contributed by atoms with E-state index in [2.05, 4.69) is 18.2 Å². The second kappa shape index (κ2) is 7.70. The molecule has 0 N–H and O–H groups in total. The van der Waals surface area contributed by atoms with E-state index in [1.807, 2.05) is 77.7 Å². The Labute approximate surface area is 165 Å². The summed E-state index contributed by atoms with van der Waals surface area (Å²) in [6, 6.07) is 30.4. The van der Waals surface area contributed by atoms with Gasteiger partial charge in [0.2, 0.25) is 0 Å². The van der Waals surface area contributed by atoms with Crippen LogP contribution in [0.2, 0.25) is 0 Å². The number of benzene rings is 3. The van der Waals surface area contributed by atoms with Crippen molar-refractivity contribution in [1.29, 1.82) is 5.26 Å². The molecular weight excluding hydrogens is 344 g/mol. The normalized spacial score (nSPS) is 15.6. The molecule has 0 spiro atoms. The van der Waals surface area contributed by atoms with Crippen molar-refractivity contribution in [2.24, 2.45) is 0 Å². The van der Waals surface area contributed by atoms with Crippen LogP contribution in [0.25, 0.3) is 11.1 Å². The van der Waals surface area contributed by atoms with E-state index in [0.717, 1.165) is 16.7 Å². The number of amides is 1. The van der Waals surface area contributed by atoms with Gasteiger partial charge in [-0.2, -0.15) is 5.26 Å². The monoisotopic (exact) mass is 366 g/mol. The van der Waals surface area contributed by atoms with E-state index in [4.69, 9.17) is 0 Å². The lowest BCUT2D eigenvalue weighted by Gasteiger charge is -2.37. The first-order valence-corrected chi connectivity index (χ1v) is 9.63. The fourth-order valence-corrected chi connectivity index (χ4v) is 3.93. The molecule has 1 amide bonds. The minimum absolute atomic E-state index is 0.0409. The van der Waals surface area contributed by atoms with Crippen LogP contribution in [0.1, 0.15) is 28.8 Å². The van der Waals surface area contributed by atoms with Gasteiger partial charge in [-0.05, 0) is 41.7 Å². The van der Waals surface area contributed by atoms with Crippen LogP contribution in [-0.4, -0.2) is 23.9 Å².